The van der Waals surface area contributed by atoms with E-state index in [1.807, 2.05) is 72.8 Å². The smallest absolute Gasteiger partial charge is 0.266 e. The molecule has 0 bridgehead atoms. The molecule has 5 heteroatoms. The van der Waals surface area contributed by atoms with Crippen LogP contribution in [0.4, 0.5) is 5.69 Å². The van der Waals surface area contributed by atoms with Crippen molar-refractivity contribution >= 4 is 39.2 Å². The number of carbonyl (C=O) groups is 1. The van der Waals surface area contributed by atoms with Crippen molar-refractivity contribution in [3.63, 3.8) is 0 Å². The number of nitrogens with zero attached hydrogens (tertiary/aromatic N) is 1. The summed E-state index contributed by atoms with van der Waals surface area (Å²) in [5, 5.41) is 16.8. The van der Waals surface area contributed by atoms with Crippen LogP contribution >= 0.6 is 0 Å². The Balaban J connectivity index is 1.45. The number of nitriles is 1. The summed E-state index contributed by atoms with van der Waals surface area (Å²) >= 11 is 0. The molecule has 0 radical (unpaired) electrons. The van der Waals surface area contributed by atoms with Crippen molar-refractivity contribution < 1.29 is 14.3 Å². The van der Waals surface area contributed by atoms with E-state index >= 15 is 0 Å². The highest BCUT2D eigenvalue weighted by Gasteiger charge is 2.15. The minimum atomic E-state index is -0.498. The monoisotopic (exact) mass is 484 g/mol. The highest BCUT2D eigenvalue weighted by Crippen LogP contribution is 2.34. The van der Waals surface area contributed by atoms with Crippen molar-refractivity contribution in [3.05, 3.63) is 120 Å². The lowest BCUT2D eigenvalue weighted by molar-refractivity contribution is -0.112. The Kier molecular flexibility index (Phi) is 6.82. The number of amides is 1. The molecule has 5 aromatic rings. The van der Waals surface area contributed by atoms with Gasteiger partial charge in [-0.2, -0.15) is 5.26 Å². The first-order valence-electron chi connectivity index (χ1n) is 11.9. The van der Waals surface area contributed by atoms with Gasteiger partial charge in [0.15, 0.2) is 11.5 Å². The summed E-state index contributed by atoms with van der Waals surface area (Å²) in [7, 11) is 1.56. The third-order valence-corrected chi connectivity index (χ3v) is 6.18. The minimum absolute atomic E-state index is 0.0452. The molecule has 0 aromatic heterocycles. The lowest BCUT2D eigenvalue weighted by Gasteiger charge is -2.15. The number of anilines is 1. The number of hydrogen-bond donors (Lipinski definition) is 1. The number of benzene rings is 5. The summed E-state index contributed by atoms with van der Waals surface area (Å²) in [6.07, 6.45) is 1.53. The van der Waals surface area contributed by atoms with E-state index in [2.05, 4.69) is 23.5 Å². The van der Waals surface area contributed by atoms with Gasteiger partial charge in [-0.25, -0.2) is 0 Å². The van der Waals surface area contributed by atoms with Crippen molar-refractivity contribution in [2.24, 2.45) is 0 Å². The third-order valence-electron chi connectivity index (χ3n) is 6.18. The van der Waals surface area contributed by atoms with Gasteiger partial charge in [0.25, 0.3) is 5.91 Å². The maximum atomic E-state index is 13.1. The summed E-state index contributed by atoms with van der Waals surface area (Å²) in [6.45, 7) is 0.298. The van der Waals surface area contributed by atoms with Crippen LogP contribution in [0, 0.1) is 11.3 Å². The zero-order chi connectivity index (χ0) is 25.6. The van der Waals surface area contributed by atoms with E-state index < -0.39 is 5.91 Å². The summed E-state index contributed by atoms with van der Waals surface area (Å²) in [6, 6.07) is 35.0. The van der Waals surface area contributed by atoms with Gasteiger partial charge in [-0.1, -0.05) is 91.0 Å². The number of rotatable bonds is 7. The number of fused-ring (bicyclic) bond motifs is 2. The summed E-state index contributed by atoms with van der Waals surface area (Å²) in [4.78, 5) is 13.1. The fourth-order valence-electron chi connectivity index (χ4n) is 4.36. The maximum absolute atomic E-state index is 13.1. The van der Waals surface area contributed by atoms with Crippen molar-refractivity contribution in [1.29, 1.82) is 5.26 Å². The molecule has 5 nitrogen and oxygen atoms in total. The van der Waals surface area contributed by atoms with Crippen molar-refractivity contribution in [1.82, 2.24) is 0 Å². The second kappa shape index (κ2) is 10.7. The first-order valence-corrected chi connectivity index (χ1v) is 11.9. The fraction of sp³-hybridized carbons (Fsp3) is 0.0625. The Morgan fingerprint density at radius 2 is 1.49 bits per heavy atom. The summed E-state index contributed by atoms with van der Waals surface area (Å²) in [5.74, 6) is 0.478. The number of nitrogens with one attached hydrogen (secondary N) is 1. The van der Waals surface area contributed by atoms with Crippen molar-refractivity contribution in [3.8, 4) is 17.6 Å². The van der Waals surface area contributed by atoms with Crippen molar-refractivity contribution in [2.45, 2.75) is 6.61 Å². The molecule has 0 aliphatic carbocycles. The standard InChI is InChI=1S/C32H24N2O3/c1-36-30-18-8-13-24(31(30)37-21-25-14-6-11-22-9-2-4-15-27(22)25)19-26(20-33)32(35)34-29-17-7-12-23-10-3-5-16-28(23)29/h2-19H,21H2,1H3,(H,34,35)/b26-19+. The van der Waals surface area contributed by atoms with Gasteiger partial charge >= 0.3 is 0 Å². The Hall–Kier alpha value is -5.08. The zero-order valence-electron chi connectivity index (χ0n) is 20.3. The number of methoxy groups -OCH3 is 1. The second-order valence-corrected chi connectivity index (χ2v) is 8.46. The lowest BCUT2D eigenvalue weighted by Crippen LogP contribution is -2.13. The number of carbonyl (C=O) groups excluding carboxylic acids is 1. The lowest BCUT2D eigenvalue weighted by atomic mass is 10.1. The Bertz CT molecular complexity index is 1670. The molecular formula is C32H24N2O3. The summed E-state index contributed by atoms with van der Waals surface area (Å²) < 4.78 is 11.8. The van der Waals surface area contributed by atoms with Crippen LogP contribution in [-0.4, -0.2) is 13.0 Å². The van der Waals surface area contributed by atoms with Gasteiger partial charge in [0.1, 0.15) is 18.2 Å². The number of para-hydroxylation sites is 1. The first kappa shape index (κ1) is 23.7. The van der Waals surface area contributed by atoms with Crippen molar-refractivity contribution in [2.75, 3.05) is 12.4 Å². The minimum Gasteiger partial charge on any atom is -0.493 e. The molecule has 0 unspecified atom stereocenters. The Labute approximate surface area is 215 Å². The quantitative estimate of drug-likeness (QED) is 0.197. The van der Waals surface area contributed by atoms with Gasteiger partial charge in [-0.05, 0) is 39.9 Å². The predicted molar refractivity (Wildman–Crippen MR) is 147 cm³/mol. The van der Waals surface area contributed by atoms with Gasteiger partial charge < -0.3 is 14.8 Å². The van der Waals surface area contributed by atoms with Gasteiger partial charge in [-0.3, -0.25) is 4.79 Å². The van der Waals surface area contributed by atoms with Gasteiger partial charge in [0.05, 0.1) is 7.11 Å². The van der Waals surface area contributed by atoms with E-state index in [1.54, 1.807) is 25.3 Å². The molecule has 180 valence electrons. The molecule has 0 aliphatic rings. The van der Waals surface area contributed by atoms with Crippen LogP contribution in [0.3, 0.4) is 0 Å². The molecule has 0 aliphatic heterocycles. The van der Waals surface area contributed by atoms with E-state index in [4.69, 9.17) is 9.47 Å². The fourth-order valence-corrected chi connectivity index (χ4v) is 4.36. The van der Waals surface area contributed by atoms with E-state index in [1.165, 1.54) is 6.08 Å². The highest BCUT2D eigenvalue weighted by molar-refractivity contribution is 6.13. The molecule has 1 amide bonds. The highest BCUT2D eigenvalue weighted by atomic mass is 16.5. The van der Waals surface area contributed by atoms with Crippen LogP contribution in [0.25, 0.3) is 27.6 Å². The van der Waals surface area contributed by atoms with E-state index in [0.29, 0.717) is 29.4 Å². The topological polar surface area (TPSA) is 71.3 Å². The molecule has 5 aromatic carbocycles. The molecule has 37 heavy (non-hydrogen) atoms. The van der Waals surface area contributed by atoms with Gasteiger partial charge in [0.2, 0.25) is 0 Å². The largest absolute Gasteiger partial charge is 0.493 e. The molecule has 0 atom stereocenters. The average molecular weight is 485 g/mol. The van der Waals surface area contributed by atoms with Crippen LogP contribution < -0.4 is 14.8 Å². The SMILES string of the molecule is COc1cccc(/C=C(\C#N)C(=O)Nc2cccc3ccccc23)c1OCc1cccc2ccccc12. The molecular weight excluding hydrogens is 460 g/mol. The van der Waals surface area contributed by atoms with Crippen LogP contribution in [0.1, 0.15) is 11.1 Å². The number of hydrogen-bond acceptors (Lipinski definition) is 4. The van der Waals surface area contributed by atoms with E-state index in [0.717, 1.165) is 27.1 Å². The molecule has 0 fully saturated rings. The molecule has 0 saturated heterocycles. The van der Waals surface area contributed by atoms with Gasteiger partial charge in [0, 0.05) is 16.6 Å². The molecule has 0 heterocycles. The van der Waals surface area contributed by atoms with Crippen LogP contribution in [-0.2, 0) is 11.4 Å². The molecule has 0 saturated carbocycles. The summed E-state index contributed by atoms with van der Waals surface area (Å²) in [5.41, 5.74) is 2.19. The van der Waals surface area contributed by atoms with E-state index in [-0.39, 0.29) is 5.57 Å². The Morgan fingerprint density at radius 1 is 0.838 bits per heavy atom. The average Bonchev–Trinajstić information content (AvgIpc) is 2.95. The Morgan fingerprint density at radius 3 is 2.24 bits per heavy atom. The number of ether oxygens (including phenoxy) is 2. The van der Waals surface area contributed by atoms with E-state index in [9.17, 15) is 10.1 Å². The zero-order valence-corrected chi connectivity index (χ0v) is 20.3. The second-order valence-electron chi connectivity index (χ2n) is 8.46. The molecule has 5 rings (SSSR count). The van der Waals surface area contributed by atoms with Crippen LogP contribution in [0.15, 0.2) is 109 Å². The van der Waals surface area contributed by atoms with Crippen LogP contribution in [0.2, 0.25) is 0 Å². The third kappa shape index (κ3) is 5.00. The first-order chi connectivity index (χ1) is 18.2. The van der Waals surface area contributed by atoms with Crippen LogP contribution in [0.5, 0.6) is 11.5 Å². The predicted octanol–water partition coefficient (Wildman–Crippen LogP) is 7.13. The normalized spacial score (nSPS) is 11.2. The maximum Gasteiger partial charge on any atom is 0.266 e. The molecule has 0 spiro atoms. The van der Waals surface area contributed by atoms with Gasteiger partial charge in [-0.15, -0.1) is 0 Å². The molecule has 1 N–H and O–H groups in total.